The Labute approximate surface area is 122 Å². The normalized spacial score (nSPS) is 11.6. The first-order chi connectivity index (χ1) is 9.72. The number of phenols is 1. The molecule has 0 saturated heterocycles. The monoisotopic (exact) mass is 277 g/mol. The number of benzene rings is 1. The Morgan fingerprint density at radius 1 is 1.10 bits per heavy atom. The van der Waals surface area contributed by atoms with E-state index in [4.69, 9.17) is 5.73 Å². The van der Waals surface area contributed by atoms with Gasteiger partial charge in [0.25, 0.3) is 0 Å². The van der Waals surface area contributed by atoms with Gasteiger partial charge in [0, 0.05) is 6.54 Å². The van der Waals surface area contributed by atoms with Crippen LogP contribution in [0.3, 0.4) is 0 Å². The third-order valence-corrected chi connectivity index (χ3v) is 3.20. The van der Waals surface area contributed by atoms with Crippen LogP contribution in [0.4, 0.5) is 0 Å². The van der Waals surface area contributed by atoms with Gasteiger partial charge in [0.05, 0.1) is 6.54 Å². The van der Waals surface area contributed by atoms with Gasteiger partial charge in [-0.25, -0.2) is 4.99 Å². The molecule has 0 saturated carbocycles. The van der Waals surface area contributed by atoms with E-state index in [1.165, 1.54) is 32.1 Å². The first kappa shape index (κ1) is 16.3. The van der Waals surface area contributed by atoms with Crippen molar-refractivity contribution >= 4 is 5.96 Å². The molecule has 0 amide bonds. The quantitative estimate of drug-likeness (QED) is 0.369. The molecule has 0 aromatic heterocycles. The molecule has 1 rings (SSSR count). The van der Waals surface area contributed by atoms with Crippen molar-refractivity contribution in [3.8, 4) is 5.75 Å². The Bertz CT molecular complexity index is 387. The summed E-state index contributed by atoms with van der Waals surface area (Å²) in [5, 5.41) is 12.3. The molecule has 1 aromatic carbocycles. The van der Waals surface area contributed by atoms with E-state index < -0.39 is 0 Å². The van der Waals surface area contributed by atoms with Crippen molar-refractivity contribution in [3.05, 3.63) is 29.8 Å². The average Bonchev–Trinajstić information content (AvgIpc) is 2.46. The second-order valence-electron chi connectivity index (χ2n) is 5.06. The van der Waals surface area contributed by atoms with E-state index in [1.54, 1.807) is 12.1 Å². The number of unbranched alkanes of at least 4 members (excludes halogenated alkanes) is 5. The minimum Gasteiger partial charge on any atom is -0.508 e. The molecule has 0 fully saturated rings. The lowest BCUT2D eigenvalue weighted by Gasteiger charge is -2.05. The summed E-state index contributed by atoms with van der Waals surface area (Å²) in [6.45, 7) is 3.65. The van der Waals surface area contributed by atoms with Crippen LogP contribution >= 0.6 is 0 Å². The molecule has 0 bridgehead atoms. The van der Waals surface area contributed by atoms with Crippen molar-refractivity contribution in [1.82, 2.24) is 5.32 Å². The first-order valence-corrected chi connectivity index (χ1v) is 7.54. The Hall–Kier alpha value is -1.71. The summed E-state index contributed by atoms with van der Waals surface area (Å²) in [5.41, 5.74) is 6.84. The predicted octanol–water partition coefficient (Wildman–Crippen LogP) is 3.16. The van der Waals surface area contributed by atoms with Gasteiger partial charge < -0.3 is 16.2 Å². The lowest BCUT2D eigenvalue weighted by atomic mass is 10.1. The zero-order chi connectivity index (χ0) is 14.6. The van der Waals surface area contributed by atoms with Crippen LogP contribution < -0.4 is 11.1 Å². The Morgan fingerprint density at radius 3 is 2.45 bits per heavy atom. The molecule has 0 aliphatic rings. The van der Waals surface area contributed by atoms with Crippen molar-refractivity contribution < 1.29 is 5.11 Å². The first-order valence-electron chi connectivity index (χ1n) is 7.54. The van der Waals surface area contributed by atoms with E-state index in [0.717, 1.165) is 18.5 Å². The van der Waals surface area contributed by atoms with Crippen molar-refractivity contribution in [1.29, 1.82) is 0 Å². The largest absolute Gasteiger partial charge is 0.508 e. The SMILES string of the molecule is CCCCCCCCNC(N)=NCc1ccc(O)cc1. The maximum Gasteiger partial charge on any atom is 0.188 e. The highest BCUT2D eigenvalue weighted by Crippen LogP contribution is 2.10. The molecule has 4 heteroatoms. The molecule has 0 heterocycles. The topological polar surface area (TPSA) is 70.6 Å². The third-order valence-electron chi connectivity index (χ3n) is 3.20. The molecule has 20 heavy (non-hydrogen) atoms. The Balaban J connectivity index is 2.11. The molecular formula is C16H27N3O. The Morgan fingerprint density at radius 2 is 1.75 bits per heavy atom. The van der Waals surface area contributed by atoms with Gasteiger partial charge in [-0.15, -0.1) is 0 Å². The van der Waals surface area contributed by atoms with Crippen LogP contribution in [0.5, 0.6) is 5.75 Å². The number of aromatic hydroxyl groups is 1. The summed E-state index contributed by atoms with van der Waals surface area (Å²) in [5.74, 6) is 0.763. The van der Waals surface area contributed by atoms with Crippen LogP contribution in [0.25, 0.3) is 0 Å². The van der Waals surface area contributed by atoms with Crippen LogP contribution in [0.2, 0.25) is 0 Å². The molecule has 4 N–H and O–H groups in total. The summed E-state index contributed by atoms with van der Waals surface area (Å²) in [6, 6.07) is 7.01. The molecule has 0 spiro atoms. The van der Waals surface area contributed by atoms with E-state index in [1.807, 2.05) is 12.1 Å². The average molecular weight is 277 g/mol. The predicted molar refractivity (Wildman–Crippen MR) is 84.8 cm³/mol. The number of guanidine groups is 1. The van der Waals surface area contributed by atoms with E-state index in [0.29, 0.717) is 12.5 Å². The highest BCUT2D eigenvalue weighted by atomic mass is 16.3. The van der Waals surface area contributed by atoms with Crippen LogP contribution in [0, 0.1) is 0 Å². The fraction of sp³-hybridized carbons (Fsp3) is 0.562. The van der Waals surface area contributed by atoms with Gasteiger partial charge >= 0.3 is 0 Å². The van der Waals surface area contributed by atoms with Gasteiger partial charge in [-0.2, -0.15) is 0 Å². The van der Waals surface area contributed by atoms with Crippen LogP contribution in [-0.4, -0.2) is 17.6 Å². The molecule has 0 radical (unpaired) electrons. The van der Waals surface area contributed by atoms with E-state index in [2.05, 4.69) is 17.2 Å². The van der Waals surface area contributed by atoms with E-state index in [-0.39, 0.29) is 5.75 Å². The number of nitrogens with zero attached hydrogens (tertiary/aromatic N) is 1. The second kappa shape index (κ2) is 10.1. The molecule has 0 aliphatic heterocycles. The van der Waals surface area contributed by atoms with Gasteiger partial charge in [0.1, 0.15) is 5.75 Å². The standard InChI is InChI=1S/C16H27N3O/c1-2-3-4-5-6-7-12-18-16(17)19-13-14-8-10-15(20)11-9-14/h8-11,20H,2-7,12-13H2,1H3,(H3,17,18,19). The highest BCUT2D eigenvalue weighted by Gasteiger charge is 1.95. The van der Waals surface area contributed by atoms with Gasteiger partial charge in [0.15, 0.2) is 5.96 Å². The molecule has 0 aliphatic carbocycles. The minimum absolute atomic E-state index is 0.270. The number of hydrogen-bond acceptors (Lipinski definition) is 2. The van der Waals surface area contributed by atoms with Crippen LogP contribution in [0.15, 0.2) is 29.3 Å². The summed E-state index contributed by atoms with van der Waals surface area (Å²) < 4.78 is 0. The fourth-order valence-corrected chi connectivity index (χ4v) is 1.96. The number of nitrogens with one attached hydrogen (secondary N) is 1. The number of nitrogens with two attached hydrogens (primary N) is 1. The van der Waals surface area contributed by atoms with Gasteiger partial charge in [-0.3, -0.25) is 0 Å². The maximum atomic E-state index is 9.18. The summed E-state index contributed by atoms with van der Waals surface area (Å²) in [6.07, 6.45) is 7.65. The maximum absolute atomic E-state index is 9.18. The number of phenolic OH excluding ortho intramolecular Hbond substituents is 1. The summed E-state index contributed by atoms with van der Waals surface area (Å²) >= 11 is 0. The van der Waals surface area contributed by atoms with Crippen LogP contribution in [-0.2, 0) is 6.54 Å². The zero-order valence-corrected chi connectivity index (χ0v) is 12.4. The molecule has 0 unspecified atom stereocenters. The molecule has 0 atom stereocenters. The highest BCUT2D eigenvalue weighted by molar-refractivity contribution is 5.77. The summed E-state index contributed by atoms with van der Waals surface area (Å²) in [4.78, 5) is 4.27. The number of aliphatic imine (C=N–C) groups is 1. The lowest BCUT2D eigenvalue weighted by molar-refractivity contribution is 0.475. The summed E-state index contributed by atoms with van der Waals surface area (Å²) in [7, 11) is 0. The van der Waals surface area contributed by atoms with Crippen molar-refractivity contribution in [3.63, 3.8) is 0 Å². The number of rotatable bonds is 9. The second-order valence-corrected chi connectivity index (χ2v) is 5.06. The van der Waals surface area contributed by atoms with Gasteiger partial charge in [0.2, 0.25) is 0 Å². The molecule has 1 aromatic rings. The molecule has 112 valence electrons. The zero-order valence-electron chi connectivity index (χ0n) is 12.4. The van der Waals surface area contributed by atoms with Crippen molar-refractivity contribution in [2.45, 2.75) is 52.0 Å². The molecular weight excluding hydrogens is 250 g/mol. The smallest absolute Gasteiger partial charge is 0.188 e. The minimum atomic E-state index is 0.270. The molecule has 4 nitrogen and oxygen atoms in total. The van der Waals surface area contributed by atoms with Crippen molar-refractivity contribution in [2.24, 2.45) is 10.7 Å². The lowest BCUT2D eigenvalue weighted by Crippen LogP contribution is -2.32. The van der Waals surface area contributed by atoms with E-state index in [9.17, 15) is 5.11 Å². The van der Waals surface area contributed by atoms with Gasteiger partial charge in [-0.05, 0) is 24.1 Å². The van der Waals surface area contributed by atoms with Crippen molar-refractivity contribution in [2.75, 3.05) is 6.54 Å². The van der Waals surface area contributed by atoms with E-state index >= 15 is 0 Å². The third kappa shape index (κ3) is 7.67. The Kier molecular flexibility index (Phi) is 8.27. The van der Waals surface area contributed by atoms with Gasteiger partial charge in [-0.1, -0.05) is 51.2 Å². The fourth-order valence-electron chi connectivity index (χ4n) is 1.96. The number of hydrogen-bond donors (Lipinski definition) is 3. The van der Waals surface area contributed by atoms with Crippen LogP contribution in [0.1, 0.15) is 51.0 Å².